The van der Waals surface area contributed by atoms with E-state index in [1.165, 1.54) is 0 Å². The Kier molecular flexibility index (Phi) is 6.27. The second kappa shape index (κ2) is 8.69. The van der Waals surface area contributed by atoms with Gasteiger partial charge < -0.3 is 19.5 Å². The highest BCUT2D eigenvalue weighted by atomic mass is 16.6. The van der Waals surface area contributed by atoms with Gasteiger partial charge in [-0.2, -0.15) is 0 Å². The fraction of sp³-hybridized carbons (Fsp3) is 0.692. The molecule has 1 heterocycles. The van der Waals surface area contributed by atoms with E-state index in [4.69, 9.17) is 9.47 Å². The lowest BCUT2D eigenvalue weighted by Crippen LogP contribution is -2.53. The summed E-state index contributed by atoms with van der Waals surface area (Å²) in [5.74, 6) is -0.592. The van der Waals surface area contributed by atoms with Gasteiger partial charge >= 0.3 is 12.1 Å². The number of amides is 1. The van der Waals surface area contributed by atoms with Crippen molar-refractivity contribution in [1.29, 1.82) is 0 Å². The molecule has 2 saturated carbocycles. The van der Waals surface area contributed by atoms with Crippen molar-refractivity contribution in [3.63, 3.8) is 0 Å². The van der Waals surface area contributed by atoms with Gasteiger partial charge in [-0.25, -0.2) is 9.59 Å². The molecule has 0 bridgehead atoms. The molecule has 1 amide bonds. The van der Waals surface area contributed by atoms with Gasteiger partial charge in [-0.1, -0.05) is 43.2 Å². The summed E-state index contributed by atoms with van der Waals surface area (Å²) < 4.78 is 11.4. The molecule has 1 spiro atoms. The number of aliphatic hydroxyl groups is 1. The van der Waals surface area contributed by atoms with Gasteiger partial charge in [0.15, 0.2) is 5.60 Å². The Morgan fingerprint density at radius 2 is 1.62 bits per heavy atom. The van der Waals surface area contributed by atoms with Gasteiger partial charge in [0.2, 0.25) is 0 Å². The van der Waals surface area contributed by atoms with Gasteiger partial charge in [0.05, 0.1) is 0 Å². The maximum absolute atomic E-state index is 13.3. The molecule has 6 heteroatoms. The lowest BCUT2D eigenvalue weighted by molar-refractivity contribution is -0.192. The summed E-state index contributed by atoms with van der Waals surface area (Å²) >= 11 is 0. The highest BCUT2D eigenvalue weighted by molar-refractivity contribution is 5.82. The van der Waals surface area contributed by atoms with Crippen LogP contribution in [0.25, 0.3) is 0 Å². The van der Waals surface area contributed by atoms with Gasteiger partial charge in [-0.15, -0.1) is 0 Å². The Morgan fingerprint density at radius 1 is 1.03 bits per heavy atom. The third kappa shape index (κ3) is 4.66. The predicted octanol–water partition coefficient (Wildman–Crippen LogP) is 4.79. The number of benzene rings is 1. The zero-order valence-corrected chi connectivity index (χ0v) is 19.6. The predicted molar refractivity (Wildman–Crippen MR) is 121 cm³/mol. The Bertz CT molecular complexity index is 810. The standard InChI is InChI=1S/C26H37NO5/c1-24(2,3)32-23(29)27-15-13-25(14-16-27)17-21(18-25)31-22(28)26(30,20-11-7-8-12-20)19-9-5-4-6-10-19/h4-6,9-10,20-21,30H,7-8,11-18H2,1-3H3. The summed E-state index contributed by atoms with van der Waals surface area (Å²) in [6.07, 6.45) is 6.74. The number of esters is 1. The number of likely N-dealkylation sites (tertiary alicyclic amines) is 1. The second-order valence-electron chi connectivity index (χ2n) is 11.0. The minimum absolute atomic E-state index is 0.0940. The monoisotopic (exact) mass is 443 g/mol. The van der Waals surface area contributed by atoms with Crippen LogP contribution in [0.4, 0.5) is 4.79 Å². The van der Waals surface area contributed by atoms with E-state index in [1.807, 2.05) is 51.1 Å². The quantitative estimate of drug-likeness (QED) is 0.677. The fourth-order valence-electron chi connectivity index (χ4n) is 5.69. The highest BCUT2D eigenvalue weighted by Crippen LogP contribution is 2.51. The largest absolute Gasteiger partial charge is 0.460 e. The van der Waals surface area contributed by atoms with Crippen molar-refractivity contribution in [2.24, 2.45) is 11.3 Å². The first kappa shape index (κ1) is 23.1. The van der Waals surface area contributed by atoms with Gasteiger partial charge in [-0.3, -0.25) is 0 Å². The lowest BCUT2D eigenvalue weighted by atomic mass is 9.61. The van der Waals surface area contributed by atoms with Crippen molar-refractivity contribution < 1.29 is 24.2 Å². The van der Waals surface area contributed by atoms with Crippen LogP contribution in [0.3, 0.4) is 0 Å². The molecule has 176 valence electrons. The van der Waals surface area contributed by atoms with E-state index in [2.05, 4.69) is 0 Å². The van der Waals surface area contributed by atoms with Crippen molar-refractivity contribution in [1.82, 2.24) is 4.90 Å². The summed E-state index contributed by atoms with van der Waals surface area (Å²) in [6, 6.07) is 9.27. The molecule has 2 aliphatic carbocycles. The van der Waals surface area contributed by atoms with Crippen LogP contribution >= 0.6 is 0 Å². The van der Waals surface area contributed by atoms with Crippen molar-refractivity contribution in [3.05, 3.63) is 35.9 Å². The Hall–Kier alpha value is -2.08. The summed E-state index contributed by atoms with van der Waals surface area (Å²) in [6.45, 7) is 6.98. The average molecular weight is 444 g/mol. The molecule has 1 aromatic carbocycles. The van der Waals surface area contributed by atoms with Gasteiger partial charge in [0.1, 0.15) is 11.7 Å². The van der Waals surface area contributed by atoms with E-state index in [0.717, 1.165) is 51.4 Å². The van der Waals surface area contributed by atoms with Crippen LogP contribution in [0.2, 0.25) is 0 Å². The van der Waals surface area contributed by atoms with Gasteiger partial charge in [-0.05, 0) is 70.3 Å². The minimum Gasteiger partial charge on any atom is -0.460 e. The van der Waals surface area contributed by atoms with E-state index in [9.17, 15) is 14.7 Å². The van der Waals surface area contributed by atoms with Crippen LogP contribution in [0, 0.1) is 11.3 Å². The van der Waals surface area contributed by atoms with E-state index in [1.54, 1.807) is 4.90 Å². The fourth-order valence-corrected chi connectivity index (χ4v) is 5.69. The Morgan fingerprint density at radius 3 is 2.19 bits per heavy atom. The van der Waals surface area contributed by atoms with Crippen LogP contribution in [0.15, 0.2) is 30.3 Å². The number of rotatable bonds is 4. The number of hydrogen-bond acceptors (Lipinski definition) is 5. The SMILES string of the molecule is CC(C)(C)OC(=O)N1CCC2(CC1)CC(OC(=O)C(O)(c1ccccc1)C1CCCC1)C2. The van der Waals surface area contributed by atoms with E-state index in [-0.39, 0.29) is 23.5 Å². The molecule has 0 aromatic heterocycles. The maximum atomic E-state index is 13.3. The normalized spacial score (nSPS) is 23.4. The molecule has 3 fully saturated rings. The molecule has 32 heavy (non-hydrogen) atoms. The summed E-state index contributed by atoms with van der Waals surface area (Å²) in [7, 11) is 0. The molecule has 1 unspecified atom stereocenters. The Labute approximate surface area is 191 Å². The summed E-state index contributed by atoms with van der Waals surface area (Å²) in [5.41, 5.74) is -1.30. The molecule has 1 aromatic rings. The molecule has 1 saturated heterocycles. The van der Waals surface area contributed by atoms with Crippen LogP contribution in [-0.4, -0.2) is 46.9 Å². The van der Waals surface area contributed by atoms with Crippen LogP contribution < -0.4 is 0 Å². The van der Waals surface area contributed by atoms with Crippen molar-refractivity contribution in [2.75, 3.05) is 13.1 Å². The lowest BCUT2D eigenvalue weighted by Gasteiger charge is -2.51. The maximum Gasteiger partial charge on any atom is 0.410 e. The average Bonchev–Trinajstić information content (AvgIpc) is 3.27. The molecule has 6 nitrogen and oxygen atoms in total. The molecule has 4 rings (SSSR count). The minimum atomic E-state index is -1.57. The first-order chi connectivity index (χ1) is 15.1. The molecule has 1 N–H and O–H groups in total. The number of carbonyl (C=O) groups excluding carboxylic acids is 2. The third-order valence-electron chi connectivity index (χ3n) is 7.54. The van der Waals surface area contributed by atoms with Crippen LogP contribution in [-0.2, 0) is 19.9 Å². The molecule has 3 aliphatic rings. The molecular weight excluding hydrogens is 406 g/mol. The molecular formula is C26H37NO5. The van der Waals surface area contributed by atoms with Crippen molar-refractivity contribution in [2.45, 2.75) is 89.4 Å². The first-order valence-electron chi connectivity index (χ1n) is 12.1. The number of nitrogens with zero attached hydrogens (tertiary/aromatic N) is 1. The van der Waals surface area contributed by atoms with Crippen molar-refractivity contribution in [3.8, 4) is 0 Å². The van der Waals surface area contributed by atoms with Gasteiger partial charge in [0.25, 0.3) is 0 Å². The number of carbonyl (C=O) groups is 2. The zero-order chi connectivity index (χ0) is 23.0. The number of hydrogen-bond donors (Lipinski definition) is 1. The van der Waals surface area contributed by atoms with Crippen LogP contribution in [0.1, 0.15) is 77.7 Å². The summed E-state index contributed by atoms with van der Waals surface area (Å²) in [4.78, 5) is 27.4. The molecule has 0 radical (unpaired) electrons. The Balaban J connectivity index is 1.33. The second-order valence-corrected chi connectivity index (χ2v) is 11.0. The first-order valence-corrected chi connectivity index (χ1v) is 12.1. The van der Waals surface area contributed by atoms with Crippen LogP contribution in [0.5, 0.6) is 0 Å². The van der Waals surface area contributed by atoms with Gasteiger partial charge in [0, 0.05) is 19.0 Å². The third-order valence-corrected chi connectivity index (χ3v) is 7.54. The topological polar surface area (TPSA) is 76.1 Å². The van der Waals surface area contributed by atoms with E-state index in [0.29, 0.717) is 18.7 Å². The smallest absolute Gasteiger partial charge is 0.410 e. The highest BCUT2D eigenvalue weighted by Gasteiger charge is 2.52. The van der Waals surface area contributed by atoms with E-state index >= 15 is 0 Å². The molecule has 1 aliphatic heterocycles. The number of ether oxygens (including phenoxy) is 2. The van der Waals surface area contributed by atoms with Crippen molar-refractivity contribution >= 4 is 12.1 Å². The van der Waals surface area contributed by atoms with E-state index < -0.39 is 17.2 Å². The number of piperidine rings is 1. The molecule has 1 atom stereocenters. The summed E-state index contributed by atoms with van der Waals surface area (Å²) in [5, 5.41) is 11.6. The zero-order valence-electron chi connectivity index (χ0n) is 19.6.